The zero-order chi connectivity index (χ0) is 14.5. The van der Waals surface area contributed by atoms with E-state index in [9.17, 15) is 4.79 Å². The van der Waals surface area contributed by atoms with E-state index in [1.807, 2.05) is 62.4 Å². The second kappa shape index (κ2) is 6.71. The molecule has 0 aliphatic carbocycles. The zero-order valence-electron chi connectivity index (χ0n) is 11.7. The number of hydrogen-bond donors (Lipinski definition) is 1. The molecule has 1 N–H and O–H groups in total. The van der Waals surface area contributed by atoms with Gasteiger partial charge < -0.3 is 5.32 Å². The van der Waals surface area contributed by atoms with Gasteiger partial charge in [-0.15, -0.1) is 0 Å². The summed E-state index contributed by atoms with van der Waals surface area (Å²) in [6.45, 7) is 4.03. The molecule has 0 bridgehead atoms. The van der Waals surface area contributed by atoms with Crippen LogP contribution < -0.4 is 5.32 Å². The number of carbonyl (C=O) groups is 1. The summed E-state index contributed by atoms with van der Waals surface area (Å²) in [5.41, 5.74) is 3.32. The number of benzene rings is 2. The van der Waals surface area contributed by atoms with Crippen molar-refractivity contribution in [2.24, 2.45) is 0 Å². The van der Waals surface area contributed by atoms with Crippen molar-refractivity contribution in [2.45, 2.75) is 26.3 Å². The average Bonchev–Trinajstić information content (AvgIpc) is 2.41. The fraction of sp³-hybridized carbons (Fsp3) is 0.235. The van der Waals surface area contributed by atoms with Crippen LogP contribution in [0.1, 0.15) is 29.7 Å². The minimum absolute atomic E-state index is 0.00372. The lowest BCUT2D eigenvalue weighted by Crippen LogP contribution is -2.28. The summed E-state index contributed by atoms with van der Waals surface area (Å²) >= 11 is 3.45. The molecule has 2 aromatic carbocycles. The summed E-state index contributed by atoms with van der Waals surface area (Å²) in [6.07, 6.45) is 0.422. The number of aryl methyl sites for hydroxylation is 1. The van der Waals surface area contributed by atoms with Crippen LogP contribution >= 0.6 is 15.9 Å². The third-order valence-electron chi connectivity index (χ3n) is 3.34. The Labute approximate surface area is 128 Å². The Hall–Kier alpha value is -1.61. The van der Waals surface area contributed by atoms with Crippen LogP contribution in [0.25, 0.3) is 0 Å². The molecule has 1 atom stereocenters. The minimum atomic E-state index is 0.00372. The number of nitrogens with one attached hydrogen (secondary N) is 1. The van der Waals surface area contributed by atoms with Gasteiger partial charge in [0.05, 0.1) is 12.5 Å². The van der Waals surface area contributed by atoms with Crippen molar-refractivity contribution in [3.8, 4) is 0 Å². The lowest BCUT2D eigenvalue weighted by molar-refractivity contribution is -0.121. The highest BCUT2D eigenvalue weighted by molar-refractivity contribution is 9.10. The summed E-state index contributed by atoms with van der Waals surface area (Å²) in [4.78, 5) is 12.1. The van der Waals surface area contributed by atoms with Gasteiger partial charge in [0, 0.05) is 4.47 Å². The third kappa shape index (κ3) is 3.94. The van der Waals surface area contributed by atoms with Crippen LogP contribution in [0.15, 0.2) is 53.0 Å². The summed E-state index contributed by atoms with van der Waals surface area (Å²) in [7, 11) is 0. The number of halogens is 1. The maximum absolute atomic E-state index is 12.1. The monoisotopic (exact) mass is 331 g/mol. The van der Waals surface area contributed by atoms with Gasteiger partial charge in [-0.25, -0.2) is 0 Å². The smallest absolute Gasteiger partial charge is 0.224 e. The van der Waals surface area contributed by atoms with Crippen molar-refractivity contribution in [1.29, 1.82) is 0 Å². The second-order valence-corrected chi connectivity index (χ2v) is 5.86. The third-order valence-corrected chi connectivity index (χ3v) is 3.83. The van der Waals surface area contributed by atoms with Crippen LogP contribution in [-0.2, 0) is 11.2 Å². The van der Waals surface area contributed by atoms with E-state index in [-0.39, 0.29) is 11.9 Å². The Kier molecular flexibility index (Phi) is 4.96. The quantitative estimate of drug-likeness (QED) is 0.894. The van der Waals surface area contributed by atoms with Crippen LogP contribution in [0.2, 0.25) is 0 Å². The largest absolute Gasteiger partial charge is 0.349 e. The summed E-state index contributed by atoms with van der Waals surface area (Å²) < 4.78 is 1.02. The fourth-order valence-corrected chi connectivity index (χ4v) is 2.55. The summed E-state index contributed by atoms with van der Waals surface area (Å²) in [6, 6.07) is 16.0. The predicted molar refractivity (Wildman–Crippen MR) is 85.6 cm³/mol. The van der Waals surface area contributed by atoms with E-state index in [1.165, 1.54) is 0 Å². The van der Waals surface area contributed by atoms with E-state index in [4.69, 9.17) is 0 Å². The first-order valence-corrected chi connectivity index (χ1v) is 7.45. The van der Waals surface area contributed by atoms with E-state index in [0.717, 1.165) is 21.2 Å². The average molecular weight is 332 g/mol. The molecular weight excluding hydrogens is 314 g/mol. The molecule has 2 aromatic rings. The Bertz CT molecular complexity index is 609. The van der Waals surface area contributed by atoms with Crippen molar-refractivity contribution in [3.05, 3.63) is 69.7 Å². The van der Waals surface area contributed by atoms with Gasteiger partial charge in [0.2, 0.25) is 5.91 Å². The minimum Gasteiger partial charge on any atom is -0.349 e. The maximum Gasteiger partial charge on any atom is 0.224 e. The summed E-state index contributed by atoms with van der Waals surface area (Å²) in [5.74, 6) is 0.0479. The van der Waals surface area contributed by atoms with Gasteiger partial charge in [-0.3, -0.25) is 4.79 Å². The highest BCUT2D eigenvalue weighted by Crippen LogP contribution is 2.18. The predicted octanol–water partition coefficient (Wildman–Crippen LogP) is 4.18. The normalized spacial score (nSPS) is 11.9. The van der Waals surface area contributed by atoms with E-state index in [0.29, 0.717) is 6.42 Å². The molecule has 0 radical (unpaired) electrons. The first-order valence-electron chi connectivity index (χ1n) is 6.65. The van der Waals surface area contributed by atoms with E-state index < -0.39 is 0 Å². The van der Waals surface area contributed by atoms with Crippen molar-refractivity contribution >= 4 is 21.8 Å². The van der Waals surface area contributed by atoms with Crippen LogP contribution in [-0.4, -0.2) is 5.91 Å². The van der Waals surface area contributed by atoms with Gasteiger partial charge in [-0.2, -0.15) is 0 Å². The molecule has 0 saturated heterocycles. The van der Waals surface area contributed by atoms with Crippen LogP contribution in [0.4, 0.5) is 0 Å². The lowest BCUT2D eigenvalue weighted by atomic mass is 10.0. The molecule has 0 fully saturated rings. The van der Waals surface area contributed by atoms with Gasteiger partial charge in [-0.05, 0) is 42.7 Å². The van der Waals surface area contributed by atoms with Crippen molar-refractivity contribution in [2.75, 3.05) is 0 Å². The zero-order valence-corrected chi connectivity index (χ0v) is 13.3. The first-order chi connectivity index (χ1) is 9.56. The maximum atomic E-state index is 12.1. The Balaban J connectivity index is 2.00. The van der Waals surface area contributed by atoms with Crippen LogP contribution in [0, 0.1) is 6.92 Å². The Morgan fingerprint density at radius 2 is 1.95 bits per heavy atom. The Morgan fingerprint density at radius 1 is 1.20 bits per heavy atom. The van der Waals surface area contributed by atoms with Gasteiger partial charge >= 0.3 is 0 Å². The van der Waals surface area contributed by atoms with Crippen molar-refractivity contribution in [3.63, 3.8) is 0 Å². The molecule has 3 heteroatoms. The van der Waals surface area contributed by atoms with Gasteiger partial charge in [-0.1, -0.05) is 52.3 Å². The molecule has 2 nitrogen and oxygen atoms in total. The molecule has 0 aliphatic heterocycles. The second-order valence-electron chi connectivity index (χ2n) is 4.95. The van der Waals surface area contributed by atoms with Crippen LogP contribution in [0.3, 0.4) is 0 Å². The molecule has 0 saturated carbocycles. The molecule has 0 aromatic heterocycles. The highest BCUT2D eigenvalue weighted by Gasteiger charge is 2.11. The number of amides is 1. The molecule has 0 heterocycles. The standard InChI is InChI=1S/C17H18BrNO/c1-12-6-3-4-7-14(12)11-17(20)19-13(2)15-8-5-9-16(18)10-15/h3-10,13H,11H2,1-2H3,(H,19,20). The van der Waals surface area contributed by atoms with Gasteiger partial charge in [0.1, 0.15) is 0 Å². The molecule has 20 heavy (non-hydrogen) atoms. The Morgan fingerprint density at radius 3 is 2.65 bits per heavy atom. The molecule has 1 amide bonds. The molecule has 0 aliphatic rings. The molecular formula is C17H18BrNO. The fourth-order valence-electron chi connectivity index (χ4n) is 2.13. The lowest BCUT2D eigenvalue weighted by Gasteiger charge is -2.15. The molecule has 0 spiro atoms. The van der Waals surface area contributed by atoms with Gasteiger partial charge in [0.15, 0.2) is 0 Å². The topological polar surface area (TPSA) is 29.1 Å². The molecule has 104 valence electrons. The number of hydrogen-bond acceptors (Lipinski definition) is 1. The van der Waals surface area contributed by atoms with Gasteiger partial charge in [0.25, 0.3) is 0 Å². The first kappa shape index (κ1) is 14.8. The van der Waals surface area contributed by atoms with Crippen molar-refractivity contribution < 1.29 is 4.79 Å². The SMILES string of the molecule is Cc1ccccc1CC(=O)NC(C)c1cccc(Br)c1. The molecule has 2 rings (SSSR count). The van der Waals surface area contributed by atoms with E-state index >= 15 is 0 Å². The van der Waals surface area contributed by atoms with E-state index in [1.54, 1.807) is 0 Å². The number of rotatable bonds is 4. The summed E-state index contributed by atoms with van der Waals surface area (Å²) in [5, 5.41) is 3.04. The van der Waals surface area contributed by atoms with E-state index in [2.05, 4.69) is 21.2 Å². The number of carbonyl (C=O) groups excluding carboxylic acids is 1. The van der Waals surface area contributed by atoms with Crippen LogP contribution in [0.5, 0.6) is 0 Å². The molecule has 1 unspecified atom stereocenters. The van der Waals surface area contributed by atoms with Crippen molar-refractivity contribution in [1.82, 2.24) is 5.32 Å². The highest BCUT2D eigenvalue weighted by atomic mass is 79.9.